The molecule has 0 aliphatic carbocycles. The van der Waals surface area contributed by atoms with Crippen LogP contribution in [0.3, 0.4) is 0 Å². The Morgan fingerprint density at radius 3 is 2.17 bits per heavy atom. The normalized spacial score (nSPS) is 10.6. The highest BCUT2D eigenvalue weighted by atomic mass is 79.9. The van der Waals surface area contributed by atoms with E-state index in [2.05, 4.69) is 26.6 Å². The Hall–Kier alpha value is -2.91. The minimum absolute atomic E-state index is 0.00663. The molecule has 2 rings (SSSR count). The number of hydrogen-bond donors (Lipinski definition) is 2. The van der Waals surface area contributed by atoms with E-state index in [1.165, 1.54) is 13.0 Å². The molecule has 0 aromatic heterocycles. The summed E-state index contributed by atoms with van der Waals surface area (Å²) in [6, 6.07) is 15.9. The topological polar surface area (TPSA) is 82.0 Å². The molecule has 0 bridgehead atoms. The van der Waals surface area contributed by atoms with Crippen LogP contribution in [0.15, 0.2) is 58.6 Å². The van der Waals surface area contributed by atoms with Gasteiger partial charge in [-0.1, -0.05) is 34.1 Å². The van der Waals surface area contributed by atoms with Gasteiger partial charge in [0.15, 0.2) is 0 Å². The van der Waals surface area contributed by atoms with Gasteiger partial charge in [0.25, 0.3) is 5.91 Å². The molecule has 0 heterocycles. The molecule has 0 radical (unpaired) electrons. The number of hydrogen-bond acceptors (Lipinski definition) is 3. The molecule has 0 unspecified atom stereocenters. The molecule has 2 aromatic rings. The first-order valence-electron chi connectivity index (χ1n) is 7.05. The summed E-state index contributed by atoms with van der Waals surface area (Å²) < 4.78 is 0.796. The van der Waals surface area contributed by atoms with Crippen molar-refractivity contribution in [1.82, 2.24) is 0 Å². The molecule has 120 valence electrons. The van der Waals surface area contributed by atoms with E-state index >= 15 is 0 Å². The van der Waals surface area contributed by atoms with Gasteiger partial charge in [-0.15, -0.1) is 0 Å². The van der Waals surface area contributed by atoms with Crippen molar-refractivity contribution >= 4 is 45.2 Å². The SMILES string of the molecule is CC(=O)Nc1ccc(NC(=O)/C(C#N)=C/c2ccccc2Br)cc1. The Bertz CT molecular complexity index is 836. The van der Waals surface area contributed by atoms with E-state index < -0.39 is 5.91 Å². The van der Waals surface area contributed by atoms with Crippen molar-refractivity contribution in [3.05, 3.63) is 64.1 Å². The van der Waals surface area contributed by atoms with Gasteiger partial charge in [-0.2, -0.15) is 5.26 Å². The maximum absolute atomic E-state index is 12.2. The fourth-order valence-corrected chi connectivity index (χ4v) is 2.33. The van der Waals surface area contributed by atoms with Crippen molar-refractivity contribution in [3.63, 3.8) is 0 Å². The first-order valence-corrected chi connectivity index (χ1v) is 7.84. The third-order valence-electron chi connectivity index (χ3n) is 3.03. The highest BCUT2D eigenvalue weighted by molar-refractivity contribution is 9.10. The van der Waals surface area contributed by atoms with Gasteiger partial charge in [0.2, 0.25) is 5.91 Å². The van der Waals surface area contributed by atoms with Crippen LogP contribution in [0.25, 0.3) is 6.08 Å². The van der Waals surface area contributed by atoms with Crippen LogP contribution < -0.4 is 10.6 Å². The van der Waals surface area contributed by atoms with Crippen LogP contribution in [0.4, 0.5) is 11.4 Å². The highest BCUT2D eigenvalue weighted by Crippen LogP contribution is 2.20. The number of amides is 2. The number of nitrogens with one attached hydrogen (secondary N) is 2. The zero-order valence-electron chi connectivity index (χ0n) is 12.8. The second-order valence-corrected chi connectivity index (χ2v) is 5.76. The molecule has 2 amide bonds. The van der Waals surface area contributed by atoms with E-state index in [1.807, 2.05) is 24.3 Å². The molecule has 0 saturated carbocycles. The van der Waals surface area contributed by atoms with Gasteiger partial charge >= 0.3 is 0 Å². The molecule has 5 nitrogen and oxygen atoms in total. The molecular formula is C18H14BrN3O2. The molecule has 2 N–H and O–H groups in total. The Balaban J connectivity index is 2.14. The number of halogens is 1. The molecule has 2 aromatic carbocycles. The third kappa shape index (κ3) is 4.80. The summed E-state index contributed by atoms with van der Waals surface area (Å²) in [4.78, 5) is 23.2. The lowest BCUT2D eigenvalue weighted by atomic mass is 10.1. The second-order valence-electron chi connectivity index (χ2n) is 4.90. The summed E-state index contributed by atoms with van der Waals surface area (Å²) in [7, 11) is 0. The largest absolute Gasteiger partial charge is 0.326 e. The molecule has 0 aliphatic rings. The summed E-state index contributed by atoms with van der Waals surface area (Å²) >= 11 is 3.38. The molecule has 6 heteroatoms. The van der Waals surface area contributed by atoms with Crippen molar-refractivity contribution in [3.8, 4) is 6.07 Å². The number of nitrogens with zero attached hydrogens (tertiary/aromatic N) is 1. The Kier molecular flexibility index (Phi) is 5.88. The predicted molar refractivity (Wildman–Crippen MR) is 97.1 cm³/mol. The summed E-state index contributed by atoms with van der Waals surface area (Å²) in [5.74, 6) is -0.671. The molecule has 24 heavy (non-hydrogen) atoms. The van der Waals surface area contributed by atoms with Crippen LogP contribution in [0.5, 0.6) is 0 Å². The molecule has 0 spiro atoms. The third-order valence-corrected chi connectivity index (χ3v) is 3.76. The smallest absolute Gasteiger partial charge is 0.266 e. The van der Waals surface area contributed by atoms with Gasteiger partial charge in [-0.25, -0.2) is 0 Å². The summed E-state index contributed by atoms with van der Waals surface area (Å²) in [6.45, 7) is 1.42. The molecule has 0 fully saturated rings. The quantitative estimate of drug-likeness (QED) is 0.619. The standard InChI is InChI=1S/C18H14BrN3O2/c1-12(23)21-15-6-8-16(9-7-15)22-18(24)14(11-20)10-13-4-2-3-5-17(13)19/h2-10H,1H3,(H,21,23)(H,22,24)/b14-10+. The zero-order chi connectivity index (χ0) is 17.5. The maximum atomic E-state index is 12.2. The summed E-state index contributed by atoms with van der Waals surface area (Å²) in [5, 5.41) is 14.5. The van der Waals surface area contributed by atoms with Crippen molar-refractivity contribution in [2.45, 2.75) is 6.92 Å². The number of rotatable bonds is 4. The van der Waals surface area contributed by atoms with Crippen LogP contribution in [0.1, 0.15) is 12.5 Å². The van der Waals surface area contributed by atoms with Crippen LogP contribution >= 0.6 is 15.9 Å². The monoisotopic (exact) mass is 383 g/mol. The number of anilines is 2. The maximum Gasteiger partial charge on any atom is 0.266 e. The van der Waals surface area contributed by atoms with Gasteiger partial charge < -0.3 is 10.6 Å². The van der Waals surface area contributed by atoms with Crippen molar-refractivity contribution in [2.24, 2.45) is 0 Å². The van der Waals surface area contributed by atoms with Crippen LogP contribution in [-0.4, -0.2) is 11.8 Å². The van der Waals surface area contributed by atoms with E-state index in [1.54, 1.807) is 30.3 Å². The van der Waals surface area contributed by atoms with E-state index in [9.17, 15) is 14.9 Å². The summed E-state index contributed by atoms with van der Waals surface area (Å²) in [5.41, 5.74) is 1.89. The second kappa shape index (κ2) is 8.09. The highest BCUT2D eigenvalue weighted by Gasteiger charge is 2.10. The Labute approximate surface area is 148 Å². The number of carbonyl (C=O) groups excluding carboxylic acids is 2. The average Bonchev–Trinajstić information content (AvgIpc) is 2.55. The first kappa shape index (κ1) is 17.4. The molecule has 0 aliphatic heterocycles. The van der Waals surface area contributed by atoms with Crippen LogP contribution in [-0.2, 0) is 9.59 Å². The average molecular weight is 384 g/mol. The predicted octanol–water partition coefficient (Wildman–Crippen LogP) is 3.95. The van der Waals surface area contributed by atoms with E-state index in [0.29, 0.717) is 11.4 Å². The van der Waals surface area contributed by atoms with Crippen molar-refractivity contribution < 1.29 is 9.59 Å². The zero-order valence-corrected chi connectivity index (χ0v) is 14.4. The van der Waals surface area contributed by atoms with Crippen LogP contribution in [0, 0.1) is 11.3 Å². The lowest BCUT2D eigenvalue weighted by molar-refractivity contribution is -0.114. The lowest BCUT2D eigenvalue weighted by Gasteiger charge is -2.07. The fraction of sp³-hybridized carbons (Fsp3) is 0.0556. The number of benzene rings is 2. The Morgan fingerprint density at radius 1 is 1.04 bits per heavy atom. The number of carbonyl (C=O) groups is 2. The molecule has 0 atom stereocenters. The molecular weight excluding hydrogens is 370 g/mol. The minimum atomic E-state index is -0.500. The van der Waals surface area contributed by atoms with Gasteiger partial charge in [0.05, 0.1) is 0 Å². The van der Waals surface area contributed by atoms with E-state index in [4.69, 9.17) is 0 Å². The number of nitriles is 1. The van der Waals surface area contributed by atoms with E-state index in [0.717, 1.165) is 10.0 Å². The first-order chi connectivity index (χ1) is 11.5. The van der Waals surface area contributed by atoms with Crippen LogP contribution in [0.2, 0.25) is 0 Å². The fourth-order valence-electron chi connectivity index (χ4n) is 1.93. The lowest BCUT2D eigenvalue weighted by Crippen LogP contribution is -2.13. The Morgan fingerprint density at radius 2 is 1.62 bits per heavy atom. The van der Waals surface area contributed by atoms with Crippen molar-refractivity contribution in [1.29, 1.82) is 5.26 Å². The molecule has 0 saturated heterocycles. The van der Waals surface area contributed by atoms with Gasteiger partial charge in [-0.3, -0.25) is 9.59 Å². The van der Waals surface area contributed by atoms with Crippen molar-refractivity contribution in [2.75, 3.05) is 10.6 Å². The summed E-state index contributed by atoms with van der Waals surface area (Å²) in [6.07, 6.45) is 1.52. The van der Waals surface area contributed by atoms with Gasteiger partial charge in [0, 0.05) is 22.8 Å². The van der Waals surface area contributed by atoms with Gasteiger partial charge in [0.1, 0.15) is 11.6 Å². The van der Waals surface area contributed by atoms with Gasteiger partial charge in [-0.05, 0) is 42.0 Å². The minimum Gasteiger partial charge on any atom is -0.326 e. The van der Waals surface area contributed by atoms with E-state index in [-0.39, 0.29) is 11.5 Å².